The second kappa shape index (κ2) is 18.6. The lowest BCUT2D eigenvalue weighted by Crippen LogP contribution is -2.40. The number of aliphatic hydroxyl groups excluding tert-OH is 2. The van der Waals surface area contributed by atoms with Crippen molar-refractivity contribution >= 4 is 27.2 Å². The van der Waals surface area contributed by atoms with Crippen LogP contribution in [0, 0.1) is 25.2 Å². The van der Waals surface area contributed by atoms with Gasteiger partial charge < -0.3 is 29.9 Å². The minimum atomic E-state index is -2.94. The van der Waals surface area contributed by atoms with E-state index < -0.39 is 15.9 Å². The fourth-order valence-electron chi connectivity index (χ4n) is 6.28. The molecule has 2 heterocycles. The minimum absolute atomic E-state index is 0.0645. The van der Waals surface area contributed by atoms with Gasteiger partial charge in [-0.15, -0.1) is 0 Å². The molecule has 1 saturated heterocycles. The Balaban J connectivity index is 1.30. The summed E-state index contributed by atoms with van der Waals surface area (Å²) >= 11 is 6.72. The number of hydrogen-bond donors (Lipinski definition) is 3. The Bertz CT molecular complexity index is 2050. The molecule has 3 N–H and O–H groups in total. The molecule has 0 bridgehead atoms. The number of ketones is 1. The number of carbonyl (C=O) groups excluding carboxylic acids is 1. The molecule has 4 aromatic rings. The predicted octanol–water partition coefficient (Wildman–Crippen LogP) is 5.18. The van der Waals surface area contributed by atoms with Gasteiger partial charge in [-0.1, -0.05) is 48.0 Å². The Morgan fingerprint density at radius 2 is 1.66 bits per heavy atom. The Morgan fingerprint density at radius 1 is 0.962 bits per heavy atom. The molecule has 53 heavy (non-hydrogen) atoms. The van der Waals surface area contributed by atoms with Gasteiger partial charge in [0.05, 0.1) is 41.3 Å². The van der Waals surface area contributed by atoms with Crippen molar-refractivity contribution in [3.63, 3.8) is 0 Å². The maximum atomic E-state index is 13.4. The number of aromatic nitrogens is 1. The molecule has 0 unspecified atom stereocenters. The standard InChI is InChI=1S/C40H45ClN4O7S/c1-27-31(6-3-7-34(27)35-8-4-9-36(28(35)2)38(48)10-5-11-45-12-14-53(49,50)15-13-45)26-52-40-18-39(51-25-30-16-29(19-42)20-43-21-30)32(17-37(40)41)22-44-33(23-46)24-47/h3-4,6-9,16-18,20-21,33,44,46-47H,5,10-15,22-26H2,1-2H3. The molecular formula is C40H45ClN4O7S. The van der Waals surface area contributed by atoms with Crippen molar-refractivity contribution in [1.29, 1.82) is 5.26 Å². The van der Waals surface area contributed by atoms with E-state index in [9.17, 15) is 28.7 Å². The van der Waals surface area contributed by atoms with Crippen molar-refractivity contribution in [3.8, 4) is 28.7 Å². The summed E-state index contributed by atoms with van der Waals surface area (Å²) in [7, 11) is -2.94. The molecule has 0 spiro atoms. The van der Waals surface area contributed by atoms with Crippen LogP contribution in [0.5, 0.6) is 11.5 Å². The van der Waals surface area contributed by atoms with Crippen LogP contribution in [0.15, 0.2) is 67.0 Å². The molecule has 0 aliphatic carbocycles. The summed E-state index contributed by atoms with van der Waals surface area (Å²) in [6.45, 7) is 5.81. The number of aliphatic hydroxyl groups is 2. The smallest absolute Gasteiger partial charge is 0.163 e. The molecule has 1 aliphatic heterocycles. The number of nitrogens with one attached hydrogen (secondary N) is 1. The molecule has 1 aromatic heterocycles. The lowest BCUT2D eigenvalue weighted by atomic mass is 9.90. The Morgan fingerprint density at radius 3 is 2.38 bits per heavy atom. The van der Waals surface area contributed by atoms with E-state index in [4.69, 9.17) is 21.1 Å². The fourth-order valence-corrected chi connectivity index (χ4v) is 7.79. The monoisotopic (exact) mass is 760 g/mol. The van der Waals surface area contributed by atoms with Crippen molar-refractivity contribution in [2.24, 2.45) is 0 Å². The molecular weight excluding hydrogens is 716 g/mol. The summed E-state index contributed by atoms with van der Waals surface area (Å²) in [5.74, 6) is 1.29. The van der Waals surface area contributed by atoms with Gasteiger partial charge in [0.25, 0.3) is 0 Å². The highest BCUT2D eigenvalue weighted by Crippen LogP contribution is 2.36. The van der Waals surface area contributed by atoms with E-state index >= 15 is 0 Å². The molecule has 0 saturated carbocycles. The number of rotatable bonds is 17. The quantitative estimate of drug-likeness (QED) is 0.122. The van der Waals surface area contributed by atoms with Crippen LogP contribution in [0.4, 0.5) is 0 Å². The van der Waals surface area contributed by atoms with Gasteiger partial charge in [0.1, 0.15) is 30.8 Å². The summed E-state index contributed by atoms with van der Waals surface area (Å²) in [4.78, 5) is 19.6. The van der Waals surface area contributed by atoms with Gasteiger partial charge in [-0.05, 0) is 66.8 Å². The molecule has 0 radical (unpaired) electrons. The zero-order valence-corrected chi connectivity index (χ0v) is 31.5. The fraction of sp³-hybridized carbons (Fsp3) is 0.375. The summed E-state index contributed by atoms with van der Waals surface area (Å²) in [6, 6.07) is 18.4. The van der Waals surface area contributed by atoms with Gasteiger partial charge >= 0.3 is 0 Å². The van der Waals surface area contributed by atoms with Crippen LogP contribution in [0.2, 0.25) is 5.02 Å². The Labute approximate surface area is 316 Å². The van der Waals surface area contributed by atoms with E-state index in [0.717, 1.165) is 27.8 Å². The predicted molar refractivity (Wildman–Crippen MR) is 204 cm³/mol. The van der Waals surface area contributed by atoms with Crippen LogP contribution in [-0.4, -0.2) is 84.7 Å². The number of sulfone groups is 1. The highest BCUT2D eigenvalue weighted by atomic mass is 35.5. The van der Waals surface area contributed by atoms with Crippen molar-refractivity contribution < 1.29 is 32.9 Å². The molecule has 11 nitrogen and oxygen atoms in total. The number of hydrogen-bond acceptors (Lipinski definition) is 11. The van der Waals surface area contributed by atoms with Crippen LogP contribution >= 0.6 is 11.6 Å². The number of pyridine rings is 1. The first kappa shape index (κ1) is 39.8. The number of nitrogens with zero attached hydrogens (tertiary/aromatic N) is 3. The van der Waals surface area contributed by atoms with E-state index in [-0.39, 0.29) is 50.3 Å². The lowest BCUT2D eigenvalue weighted by molar-refractivity contribution is 0.0974. The van der Waals surface area contributed by atoms with Crippen LogP contribution in [0.1, 0.15) is 56.6 Å². The number of Topliss-reactive ketones (excluding diaryl/α,β-unsaturated/α-hetero) is 1. The van der Waals surface area contributed by atoms with E-state index in [1.165, 1.54) is 6.20 Å². The molecule has 5 rings (SSSR count). The molecule has 1 aliphatic rings. The normalized spacial score (nSPS) is 14.2. The van der Waals surface area contributed by atoms with Crippen LogP contribution in [-0.2, 0) is 29.6 Å². The van der Waals surface area contributed by atoms with Gasteiger partial charge in [0.2, 0.25) is 0 Å². The van der Waals surface area contributed by atoms with E-state index in [1.807, 2.05) is 50.2 Å². The van der Waals surface area contributed by atoms with E-state index in [1.54, 1.807) is 24.4 Å². The van der Waals surface area contributed by atoms with Crippen molar-refractivity contribution in [1.82, 2.24) is 15.2 Å². The molecule has 280 valence electrons. The largest absolute Gasteiger partial charge is 0.488 e. The molecule has 3 aromatic carbocycles. The van der Waals surface area contributed by atoms with E-state index in [0.29, 0.717) is 71.3 Å². The molecule has 13 heteroatoms. The van der Waals surface area contributed by atoms with E-state index in [2.05, 4.69) is 21.3 Å². The van der Waals surface area contributed by atoms with Gasteiger partial charge in [-0.25, -0.2) is 8.42 Å². The Hall–Kier alpha value is -4.35. The van der Waals surface area contributed by atoms with Gasteiger partial charge in [-0.3, -0.25) is 9.78 Å². The number of halogens is 1. The number of benzene rings is 3. The third kappa shape index (κ3) is 10.6. The van der Waals surface area contributed by atoms with Crippen LogP contribution < -0.4 is 14.8 Å². The van der Waals surface area contributed by atoms with Crippen LogP contribution in [0.3, 0.4) is 0 Å². The third-order valence-corrected chi connectivity index (χ3v) is 11.4. The second-order valence-electron chi connectivity index (χ2n) is 13.2. The summed E-state index contributed by atoms with van der Waals surface area (Å²) in [6.07, 6.45) is 4.15. The molecule has 0 atom stereocenters. The topological polar surface area (TPSA) is 162 Å². The number of carbonyl (C=O) groups is 1. The van der Waals surface area contributed by atoms with Crippen LogP contribution in [0.25, 0.3) is 11.1 Å². The summed E-state index contributed by atoms with van der Waals surface area (Å²) < 4.78 is 35.9. The zero-order chi connectivity index (χ0) is 38.0. The maximum Gasteiger partial charge on any atom is 0.163 e. The minimum Gasteiger partial charge on any atom is -0.488 e. The molecule has 0 amide bonds. The Kier molecular flexibility index (Phi) is 14.0. The number of nitriles is 1. The highest BCUT2D eigenvalue weighted by molar-refractivity contribution is 7.91. The average molecular weight is 761 g/mol. The first-order chi connectivity index (χ1) is 25.5. The summed E-state index contributed by atoms with van der Waals surface area (Å²) in [5, 5.41) is 31.8. The van der Waals surface area contributed by atoms with Crippen molar-refractivity contribution in [2.45, 2.75) is 52.5 Å². The second-order valence-corrected chi connectivity index (χ2v) is 15.9. The lowest BCUT2D eigenvalue weighted by Gasteiger charge is -2.26. The highest BCUT2D eigenvalue weighted by Gasteiger charge is 2.22. The first-order valence-electron chi connectivity index (χ1n) is 17.5. The SMILES string of the molecule is Cc1c(COc2cc(OCc3cncc(C#N)c3)c(CNC(CO)CO)cc2Cl)cccc1-c1cccc(C(=O)CCCN2CCS(=O)(=O)CC2)c1C. The van der Waals surface area contributed by atoms with Gasteiger partial charge in [-0.2, -0.15) is 5.26 Å². The third-order valence-electron chi connectivity index (χ3n) is 9.52. The average Bonchev–Trinajstić information content (AvgIpc) is 3.15. The molecule has 1 fully saturated rings. The first-order valence-corrected chi connectivity index (χ1v) is 19.7. The summed E-state index contributed by atoms with van der Waals surface area (Å²) in [5.41, 5.74) is 7.25. The number of ether oxygens (including phenoxy) is 2. The maximum absolute atomic E-state index is 13.4. The van der Waals surface area contributed by atoms with Gasteiger partial charge in [0, 0.05) is 61.2 Å². The van der Waals surface area contributed by atoms with Crippen molar-refractivity contribution in [3.05, 3.63) is 111 Å². The van der Waals surface area contributed by atoms with Crippen molar-refractivity contribution in [2.75, 3.05) is 44.4 Å². The zero-order valence-electron chi connectivity index (χ0n) is 30.0. The van der Waals surface area contributed by atoms with Gasteiger partial charge in [0.15, 0.2) is 15.6 Å².